The first-order valence-corrected chi connectivity index (χ1v) is 6.81. The van der Waals surface area contributed by atoms with Crippen LogP contribution in [0.25, 0.3) is 0 Å². The van der Waals surface area contributed by atoms with E-state index in [9.17, 15) is 5.11 Å². The van der Waals surface area contributed by atoms with Gasteiger partial charge in [0.25, 0.3) is 0 Å². The summed E-state index contributed by atoms with van der Waals surface area (Å²) in [5.41, 5.74) is 0.396. The van der Waals surface area contributed by atoms with Crippen LogP contribution < -0.4 is 0 Å². The molecule has 1 aromatic heterocycles. The molecule has 0 saturated heterocycles. The number of hydrogen-bond acceptors (Lipinski definition) is 3. The fraction of sp³-hybridized carbons (Fsp3) is 0.786. The fourth-order valence-electron chi connectivity index (χ4n) is 2.64. The summed E-state index contributed by atoms with van der Waals surface area (Å²) in [7, 11) is 1.75. The fourth-order valence-corrected chi connectivity index (χ4v) is 2.64. The number of ether oxygens (including phenoxy) is 1. The molecule has 1 N–H and O–H groups in total. The highest BCUT2D eigenvalue weighted by atomic mass is 16.5. The maximum Gasteiger partial charge on any atom is 0.0705 e. The molecule has 1 aliphatic rings. The minimum Gasteiger partial charge on any atom is -0.389 e. The highest BCUT2D eigenvalue weighted by Gasteiger charge is 2.33. The quantitative estimate of drug-likeness (QED) is 0.894. The first-order chi connectivity index (χ1) is 8.52. The van der Waals surface area contributed by atoms with Gasteiger partial charge in [-0.25, -0.2) is 0 Å². The van der Waals surface area contributed by atoms with Crippen molar-refractivity contribution in [1.82, 2.24) is 9.78 Å². The number of methoxy groups -OCH3 is 1. The Kier molecular flexibility index (Phi) is 4.07. The van der Waals surface area contributed by atoms with E-state index < -0.39 is 5.60 Å². The third-order valence-electron chi connectivity index (χ3n) is 3.90. The zero-order valence-corrected chi connectivity index (χ0v) is 11.6. The molecule has 2 rings (SSSR count). The van der Waals surface area contributed by atoms with E-state index in [4.69, 9.17) is 4.74 Å². The standard InChI is InChI=1S/C14H24N2O2/c1-11(2)16-9-6-12(15-16)10-14(17)7-4-13(18-3)5-8-14/h6,9,11,13,17H,4-5,7-8,10H2,1-3H3. The Labute approximate surface area is 109 Å². The molecule has 0 atom stereocenters. The van der Waals surface area contributed by atoms with Gasteiger partial charge in [0.15, 0.2) is 0 Å². The van der Waals surface area contributed by atoms with Crippen LogP contribution in [0.3, 0.4) is 0 Å². The average Bonchev–Trinajstić information content (AvgIpc) is 2.78. The zero-order chi connectivity index (χ0) is 13.2. The van der Waals surface area contributed by atoms with Crippen LogP contribution in [0.2, 0.25) is 0 Å². The highest BCUT2D eigenvalue weighted by molar-refractivity contribution is 5.05. The summed E-state index contributed by atoms with van der Waals surface area (Å²) in [6.45, 7) is 4.21. The average molecular weight is 252 g/mol. The first-order valence-electron chi connectivity index (χ1n) is 6.81. The van der Waals surface area contributed by atoms with Gasteiger partial charge in [0.1, 0.15) is 0 Å². The second-order valence-electron chi connectivity index (χ2n) is 5.72. The van der Waals surface area contributed by atoms with Crippen molar-refractivity contribution in [3.63, 3.8) is 0 Å². The predicted molar refractivity (Wildman–Crippen MR) is 70.5 cm³/mol. The molecule has 0 spiro atoms. The summed E-state index contributed by atoms with van der Waals surface area (Å²) in [5.74, 6) is 0. The van der Waals surface area contributed by atoms with Gasteiger partial charge in [0.2, 0.25) is 0 Å². The van der Waals surface area contributed by atoms with Crippen molar-refractivity contribution in [2.24, 2.45) is 0 Å². The van der Waals surface area contributed by atoms with Gasteiger partial charge in [0.05, 0.1) is 17.4 Å². The van der Waals surface area contributed by atoms with Crippen LogP contribution in [0.15, 0.2) is 12.3 Å². The Balaban J connectivity index is 1.95. The van der Waals surface area contributed by atoms with Gasteiger partial charge in [-0.2, -0.15) is 5.10 Å². The number of rotatable bonds is 4. The van der Waals surface area contributed by atoms with E-state index in [0.29, 0.717) is 18.6 Å². The number of nitrogens with zero attached hydrogens (tertiary/aromatic N) is 2. The van der Waals surface area contributed by atoms with Crippen LogP contribution in [0.1, 0.15) is 51.3 Å². The van der Waals surface area contributed by atoms with Crippen LogP contribution in [-0.2, 0) is 11.2 Å². The largest absolute Gasteiger partial charge is 0.389 e. The molecule has 1 fully saturated rings. The van der Waals surface area contributed by atoms with E-state index in [2.05, 4.69) is 18.9 Å². The number of hydrogen-bond donors (Lipinski definition) is 1. The van der Waals surface area contributed by atoms with Gasteiger partial charge in [-0.05, 0) is 45.6 Å². The minimum absolute atomic E-state index is 0.318. The van der Waals surface area contributed by atoms with E-state index in [0.717, 1.165) is 31.4 Å². The summed E-state index contributed by atoms with van der Waals surface area (Å²) in [6.07, 6.45) is 6.46. The monoisotopic (exact) mass is 252 g/mol. The highest BCUT2D eigenvalue weighted by Crippen LogP contribution is 2.32. The number of aliphatic hydroxyl groups is 1. The molecule has 0 aliphatic heterocycles. The third-order valence-corrected chi connectivity index (χ3v) is 3.90. The van der Waals surface area contributed by atoms with Gasteiger partial charge < -0.3 is 9.84 Å². The molecule has 1 aliphatic carbocycles. The van der Waals surface area contributed by atoms with Gasteiger partial charge in [-0.1, -0.05) is 0 Å². The molecule has 1 heterocycles. The summed E-state index contributed by atoms with van der Waals surface area (Å²) < 4.78 is 7.28. The lowest BCUT2D eigenvalue weighted by Gasteiger charge is -2.35. The lowest BCUT2D eigenvalue weighted by atomic mass is 9.80. The van der Waals surface area contributed by atoms with Crippen LogP contribution in [0.5, 0.6) is 0 Å². The van der Waals surface area contributed by atoms with Crippen molar-refractivity contribution < 1.29 is 9.84 Å². The van der Waals surface area contributed by atoms with E-state index in [1.54, 1.807) is 7.11 Å². The van der Waals surface area contributed by atoms with Crippen molar-refractivity contribution in [2.45, 2.75) is 63.7 Å². The molecule has 1 saturated carbocycles. The maximum absolute atomic E-state index is 10.6. The molecule has 18 heavy (non-hydrogen) atoms. The molecule has 0 radical (unpaired) electrons. The Hall–Kier alpha value is -0.870. The predicted octanol–water partition coefficient (Wildman–Crippen LogP) is 2.33. The van der Waals surface area contributed by atoms with Crippen LogP contribution in [0, 0.1) is 0 Å². The van der Waals surface area contributed by atoms with Crippen molar-refractivity contribution in [3.8, 4) is 0 Å². The van der Waals surface area contributed by atoms with Crippen molar-refractivity contribution in [2.75, 3.05) is 7.11 Å². The van der Waals surface area contributed by atoms with Gasteiger partial charge in [-0.3, -0.25) is 4.68 Å². The molecule has 102 valence electrons. The maximum atomic E-state index is 10.6. The summed E-state index contributed by atoms with van der Waals surface area (Å²) in [6, 6.07) is 2.39. The topological polar surface area (TPSA) is 47.3 Å². The van der Waals surface area contributed by atoms with E-state index in [-0.39, 0.29) is 0 Å². The smallest absolute Gasteiger partial charge is 0.0705 e. The SMILES string of the molecule is COC1CCC(O)(Cc2ccn(C(C)C)n2)CC1. The van der Waals surface area contributed by atoms with Gasteiger partial charge >= 0.3 is 0 Å². The molecular formula is C14H24N2O2. The molecule has 4 nitrogen and oxygen atoms in total. The summed E-state index contributed by atoms with van der Waals surface area (Å²) >= 11 is 0. The molecular weight excluding hydrogens is 228 g/mol. The third kappa shape index (κ3) is 3.12. The van der Waals surface area contributed by atoms with E-state index in [1.165, 1.54) is 0 Å². The first kappa shape index (κ1) is 13.6. The Morgan fingerprint density at radius 1 is 1.50 bits per heavy atom. The van der Waals surface area contributed by atoms with Crippen molar-refractivity contribution in [3.05, 3.63) is 18.0 Å². The Bertz CT molecular complexity index is 379. The van der Waals surface area contributed by atoms with Gasteiger partial charge in [-0.15, -0.1) is 0 Å². The normalized spacial score (nSPS) is 28.8. The van der Waals surface area contributed by atoms with Crippen LogP contribution >= 0.6 is 0 Å². The second-order valence-corrected chi connectivity index (χ2v) is 5.72. The van der Waals surface area contributed by atoms with Gasteiger partial charge in [0, 0.05) is 25.8 Å². The van der Waals surface area contributed by atoms with E-state index in [1.807, 2.05) is 16.9 Å². The second kappa shape index (κ2) is 5.41. The minimum atomic E-state index is -0.592. The zero-order valence-electron chi connectivity index (χ0n) is 11.6. The lowest BCUT2D eigenvalue weighted by molar-refractivity contribution is -0.0433. The molecule has 0 unspecified atom stereocenters. The summed E-state index contributed by atoms with van der Waals surface area (Å²) in [4.78, 5) is 0. The number of aromatic nitrogens is 2. The molecule has 0 amide bonds. The lowest BCUT2D eigenvalue weighted by Crippen LogP contribution is -2.38. The van der Waals surface area contributed by atoms with E-state index >= 15 is 0 Å². The Morgan fingerprint density at radius 2 is 2.17 bits per heavy atom. The molecule has 0 bridgehead atoms. The Morgan fingerprint density at radius 3 is 2.67 bits per heavy atom. The summed E-state index contributed by atoms with van der Waals surface area (Å²) in [5, 5.41) is 15.1. The van der Waals surface area contributed by atoms with Crippen LogP contribution in [0.4, 0.5) is 0 Å². The molecule has 1 aromatic rings. The molecule has 0 aromatic carbocycles. The van der Waals surface area contributed by atoms with Crippen molar-refractivity contribution >= 4 is 0 Å². The molecule has 4 heteroatoms. The van der Waals surface area contributed by atoms with Crippen LogP contribution in [-0.4, -0.2) is 33.7 Å². The van der Waals surface area contributed by atoms with Crippen molar-refractivity contribution in [1.29, 1.82) is 0 Å².